The predicted octanol–water partition coefficient (Wildman–Crippen LogP) is 8.08. The van der Waals surface area contributed by atoms with Crippen molar-refractivity contribution in [3.05, 3.63) is 91.9 Å². The molecule has 0 saturated carbocycles. The monoisotopic (exact) mass is 548 g/mol. The first-order valence-electron chi connectivity index (χ1n) is 9.80. The molecule has 0 fully saturated rings. The molecule has 1 aromatic heterocycles. The molecule has 6 heteroatoms. The highest BCUT2D eigenvalue weighted by atomic mass is 79.9. The fourth-order valence-corrected chi connectivity index (χ4v) is 4.53. The maximum Gasteiger partial charge on any atom is 0.238 e. The molecule has 0 aliphatic rings. The highest BCUT2D eigenvalue weighted by Gasteiger charge is 2.22. The highest BCUT2D eigenvalue weighted by molar-refractivity contribution is 9.11. The number of aliphatic imine (C=N–C) groups is 1. The van der Waals surface area contributed by atoms with Gasteiger partial charge in [0.25, 0.3) is 0 Å². The van der Waals surface area contributed by atoms with Gasteiger partial charge < -0.3 is 9.52 Å². The van der Waals surface area contributed by atoms with Gasteiger partial charge in [-0.3, -0.25) is 0 Å². The molecular weight excluding hydrogens is 532 g/mol. The van der Waals surface area contributed by atoms with E-state index in [0.29, 0.717) is 20.3 Å². The van der Waals surface area contributed by atoms with Crippen LogP contribution in [0.3, 0.4) is 0 Å². The highest BCUT2D eigenvalue weighted by Crippen LogP contribution is 2.42. The Morgan fingerprint density at radius 3 is 1.97 bits per heavy atom. The average molecular weight is 550 g/mol. The lowest BCUT2D eigenvalue weighted by Crippen LogP contribution is -1.85. The third-order valence-corrected chi connectivity index (χ3v) is 6.23. The average Bonchev–Trinajstić information content (AvgIpc) is 3.15. The van der Waals surface area contributed by atoms with Crippen molar-refractivity contribution in [2.75, 3.05) is 0 Å². The van der Waals surface area contributed by atoms with Gasteiger partial charge in [0, 0.05) is 17.3 Å². The molecule has 0 unspecified atom stereocenters. The van der Waals surface area contributed by atoms with Gasteiger partial charge in [-0.2, -0.15) is 5.26 Å². The number of phenols is 1. The third-order valence-electron chi connectivity index (χ3n) is 5.03. The summed E-state index contributed by atoms with van der Waals surface area (Å²) in [4.78, 5) is 4.49. The Hall–Kier alpha value is -3.14. The molecule has 0 aliphatic carbocycles. The molecular formula is C26H18Br2N2O2. The van der Waals surface area contributed by atoms with Gasteiger partial charge in [-0.05, 0) is 69.0 Å². The van der Waals surface area contributed by atoms with E-state index in [1.807, 2.05) is 62.4 Å². The largest absolute Gasteiger partial charge is 0.506 e. The standard InChI is InChI=1S/C26H18Br2N2O2/c1-15-3-7-18(8-4-15)23-20(13-29)26(32-25(23)19-9-5-16(2)6-10-19)30-14-17-11-21(27)24(31)22(28)12-17/h3-12,14,31H,1-2H3. The van der Waals surface area contributed by atoms with E-state index in [9.17, 15) is 10.4 Å². The van der Waals surface area contributed by atoms with Crippen LogP contribution in [0, 0.1) is 25.2 Å². The van der Waals surface area contributed by atoms with Crippen LogP contribution in [0.25, 0.3) is 22.5 Å². The van der Waals surface area contributed by atoms with Gasteiger partial charge in [0.05, 0.1) is 8.95 Å². The molecule has 4 nitrogen and oxygen atoms in total. The number of rotatable bonds is 4. The summed E-state index contributed by atoms with van der Waals surface area (Å²) in [5.74, 6) is 0.950. The number of benzene rings is 3. The molecule has 0 saturated heterocycles. The van der Waals surface area contributed by atoms with E-state index in [0.717, 1.165) is 33.4 Å². The molecule has 0 radical (unpaired) electrons. The van der Waals surface area contributed by atoms with Crippen molar-refractivity contribution in [3.8, 4) is 34.3 Å². The van der Waals surface area contributed by atoms with Crippen LogP contribution in [0.15, 0.2) is 79.0 Å². The zero-order valence-corrected chi connectivity index (χ0v) is 20.5. The second kappa shape index (κ2) is 9.15. The van der Waals surface area contributed by atoms with Crippen molar-refractivity contribution < 1.29 is 9.52 Å². The quantitative estimate of drug-likeness (QED) is 0.261. The fraction of sp³-hybridized carbons (Fsp3) is 0.0769. The molecule has 1 heterocycles. The summed E-state index contributed by atoms with van der Waals surface area (Å²) in [6.07, 6.45) is 1.60. The summed E-state index contributed by atoms with van der Waals surface area (Å²) < 4.78 is 7.23. The summed E-state index contributed by atoms with van der Waals surface area (Å²) in [7, 11) is 0. The van der Waals surface area contributed by atoms with Gasteiger partial charge in [0.1, 0.15) is 23.1 Å². The Morgan fingerprint density at radius 1 is 0.906 bits per heavy atom. The number of hydrogen-bond donors (Lipinski definition) is 1. The molecule has 1 N–H and O–H groups in total. The normalized spacial score (nSPS) is 11.1. The fourth-order valence-electron chi connectivity index (χ4n) is 3.31. The first kappa shape index (κ1) is 22.1. The van der Waals surface area contributed by atoms with Crippen LogP contribution in [-0.2, 0) is 0 Å². The molecule has 0 spiro atoms. The van der Waals surface area contributed by atoms with E-state index in [1.165, 1.54) is 0 Å². The van der Waals surface area contributed by atoms with E-state index >= 15 is 0 Å². The van der Waals surface area contributed by atoms with Crippen LogP contribution < -0.4 is 0 Å². The van der Waals surface area contributed by atoms with Crippen LogP contribution in [-0.4, -0.2) is 11.3 Å². The summed E-state index contributed by atoms with van der Waals surface area (Å²) >= 11 is 6.64. The number of aromatic hydroxyl groups is 1. The predicted molar refractivity (Wildman–Crippen MR) is 135 cm³/mol. The van der Waals surface area contributed by atoms with E-state index < -0.39 is 0 Å². The van der Waals surface area contributed by atoms with Gasteiger partial charge in [0.2, 0.25) is 5.88 Å². The Bertz CT molecular complexity index is 1340. The molecule has 0 amide bonds. The van der Waals surface area contributed by atoms with Crippen molar-refractivity contribution in [1.82, 2.24) is 0 Å². The topological polar surface area (TPSA) is 69.5 Å². The lowest BCUT2D eigenvalue weighted by Gasteiger charge is -2.05. The molecule has 32 heavy (non-hydrogen) atoms. The van der Waals surface area contributed by atoms with Gasteiger partial charge >= 0.3 is 0 Å². The van der Waals surface area contributed by atoms with Crippen molar-refractivity contribution in [1.29, 1.82) is 5.26 Å². The molecule has 158 valence electrons. The summed E-state index contributed by atoms with van der Waals surface area (Å²) in [5.41, 5.74) is 5.86. The first-order valence-corrected chi connectivity index (χ1v) is 11.4. The van der Waals surface area contributed by atoms with Crippen LogP contribution >= 0.6 is 31.9 Å². The maximum absolute atomic E-state index is 10.0. The zero-order chi connectivity index (χ0) is 22.8. The molecule has 0 atom stereocenters. The van der Waals surface area contributed by atoms with Gasteiger partial charge in [0.15, 0.2) is 0 Å². The summed E-state index contributed by atoms with van der Waals surface area (Å²) in [6.45, 7) is 4.05. The van der Waals surface area contributed by atoms with E-state index in [4.69, 9.17) is 4.42 Å². The first-order chi connectivity index (χ1) is 15.4. The summed E-state index contributed by atoms with van der Waals surface area (Å²) in [6, 6.07) is 21.7. The number of furan rings is 1. The zero-order valence-electron chi connectivity index (χ0n) is 17.4. The molecule has 4 aromatic rings. The van der Waals surface area contributed by atoms with Crippen LogP contribution in [0.1, 0.15) is 22.3 Å². The van der Waals surface area contributed by atoms with Crippen LogP contribution in [0.2, 0.25) is 0 Å². The lowest BCUT2D eigenvalue weighted by molar-refractivity contribution is 0.468. The molecule has 4 rings (SSSR count). The summed E-state index contributed by atoms with van der Waals surface area (Å²) in [5, 5.41) is 19.9. The number of halogens is 2. The van der Waals surface area contributed by atoms with Crippen molar-refractivity contribution in [3.63, 3.8) is 0 Å². The van der Waals surface area contributed by atoms with E-state index in [2.05, 4.69) is 42.9 Å². The minimum absolute atomic E-state index is 0.112. The number of nitrogens with zero attached hydrogens (tertiary/aromatic N) is 2. The van der Waals surface area contributed by atoms with Crippen molar-refractivity contribution >= 4 is 44.0 Å². The van der Waals surface area contributed by atoms with E-state index in [-0.39, 0.29) is 11.6 Å². The van der Waals surface area contributed by atoms with Crippen LogP contribution in [0.5, 0.6) is 5.75 Å². The Morgan fingerprint density at radius 2 is 1.44 bits per heavy atom. The Labute approximate surface area is 203 Å². The van der Waals surface area contributed by atoms with Crippen molar-refractivity contribution in [2.45, 2.75) is 13.8 Å². The Kier molecular flexibility index (Phi) is 6.31. The lowest BCUT2D eigenvalue weighted by atomic mass is 9.97. The molecule has 0 aliphatic heterocycles. The second-order valence-electron chi connectivity index (χ2n) is 7.42. The number of hydrogen-bond acceptors (Lipinski definition) is 4. The van der Waals surface area contributed by atoms with Gasteiger partial charge in [-0.25, -0.2) is 4.99 Å². The number of aryl methyl sites for hydroxylation is 2. The minimum Gasteiger partial charge on any atom is -0.506 e. The van der Waals surface area contributed by atoms with Crippen LogP contribution in [0.4, 0.5) is 5.88 Å². The molecule has 0 bridgehead atoms. The number of phenolic OH excluding ortho intramolecular Hbond substituents is 1. The van der Waals surface area contributed by atoms with Gasteiger partial charge in [-0.1, -0.05) is 59.7 Å². The minimum atomic E-state index is 0.112. The maximum atomic E-state index is 10.0. The van der Waals surface area contributed by atoms with E-state index in [1.54, 1.807) is 18.3 Å². The number of nitriles is 1. The SMILES string of the molecule is Cc1ccc(-c2oc(N=Cc3cc(Br)c(O)c(Br)c3)c(C#N)c2-c2ccc(C)cc2)cc1. The Balaban J connectivity index is 1.88. The smallest absolute Gasteiger partial charge is 0.238 e. The molecule has 3 aromatic carbocycles. The second-order valence-corrected chi connectivity index (χ2v) is 9.13. The van der Waals surface area contributed by atoms with Crippen molar-refractivity contribution in [2.24, 2.45) is 4.99 Å². The van der Waals surface area contributed by atoms with Gasteiger partial charge in [-0.15, -0.1) is 0 Å². The third kappa shape index (κ3) is 4.40.